The van der Waals surface area contributed by atoms with Crippen molar-refractivity contribution >= 4 is 17.5 Å². The zero-order chi connectivity index (χ0) is 15.6. The van der Waals surface area contributed by atoms with E-state index in [2.05, 4.69) is 17.6 Å². The molecule has 2 N–H and O–H groups in total. The average Bonchev–Trinajstić information content (AvgIpc) is 3.17. The highest BCUT2D eigenvalue weighted by molar-refractivity contribution is 6.00. The summed E-state index contributed by atoms with van der Waals surface area (Å²) in [6.07, 6.45) is 1.51. The quantitative estimate of drug-likeness (QED) is 0.895. The highest BCUT2D eigenvalue weighted by Gasteiger charge is 2.48. The summed E-state index contributed by atoms with van der Waals surface area (Å²) in [6.45, 7) is 7.89. The fourth-order valence-corrected chi connectivity index (χ4v) is 2.41. The molecule has 0 spiro atoms. The molecule has 2 amide bonds. The van der Waals surface area contributed by atoms with E-state index in [0.29, 0.717) is 6.42 Å². The van der Waals surface area contributed by atoms with E-state index in [1.165, 1.54) is 0 Å². The Labute approximate surface area is 126 Å². The van der Waals surface area contributed by atoms with E-state index in [-0.39, 0.29) is 29.2 Å². The molecule has 114 valence electrons. The second-order valence-electron chi connectivity index (χ2n) is 6.69. The number of hydrogen-bond donors (Lipinski definition) is 2. The first kappa shape index (κ1) is 15.5. The molecule has 0 saturated heterocycles. The van der Waals surface area contributed by atoms with Gasteiger partial charge in [-0.3, -0.25) is 9.59 Å². The lowest BCUT2D eigenvalue weighted by Gasteiger charge is -2.20. The van der Waals surface area contributed by atoms with E-state index < -0.39 is 0 Å². The van der Waals surface area contributed by atoms with Crippen molar-refractivity contribution in [1.29, 1.82) is 0 Å². The summed E-state index contributed by atoms with van der Waals surface area (Å²) in [7, 11) is 0. The summed E-state index contributed by atoms with van der Waals surface area (Å²) in [5.74, 6) is -0.452. The van der Waals surface area contributed by atoms with E-state index in [9.17, 15) is 9.59 Å². The molecule has 1 aliphatic rings. The van der Waals surface area contributed by atoms with Crippen LogP contribution >= 0.6 is 0 Å². The summed E-state index contributed by atoms with van der Waals surface area (Å²) in [6, 6.07) is 7.78. The SMILES string of the molecule is CCc1ccccc1NC(=O)C1CC1C(=O)NC(C)(C)C. The van der Waals surface area contributed by atoms with Gasteiger partial charge in [0.15, 0.2) is 0 Å². The molecule has 1 aliphatic carbocycles. The molecule has 1 aromatic carbocycles. The van der Waals surface area contributed by atoms with Gasteiger partial charge in [-0.05, 0) is 45.2 Å². The Bertz CT molecular complexity index is 546. The van der Waals surface area contributed by atoms with E-state index >= 15 is 0 Å². The molecule has 0 bridgehead atoms. The van der Waals surface area contributed by atoms with Gasteiger partial charge < -0.3 is 10.6 Å². The molecule has 0 aromatic heterocycles. The van der Waals surface area contributed by atoms with Crippen LogP contribution in [0.4, 0.5) is 5.69 Å². The molecule has 2 unspecified atom stereocenters. The summed E-state index contributed by atoms with van der Waals surface area (Å²) in [4.78, 5) is 24.3. The maximum Gasteiger partial charge on any atom is 0.228 e. The third-order valence-corrected chi connectivity index (χ3v) is 3.62. The van der Waals surface area contributed by atoms with Crippen LogP contribution in [0, 0.1) is 11.8 Å². The van der Waals surface area contributed by atoms with Crippen LogP contribution < -0.4 is 10.6 Å². The van der Waals surface area contributed by atoms with Crippen LogP contribution in [0.3, 0.4) is 0 Å². The maximum absolute atomic E-state index is 12.2. The smallest absolute Gasteiger partial charge is 0.228 e. The van der Waals surface area contributed by atoms with Crippen molar-refractivity contribution in [3.05, 3.63) is 29.8 Å². The molecular formula is C17H24N2O2. The van der Waals surface area contributed by atoms with Crippen molar-refractivity contribution in [1.82, 2.24) is 5.32 Å². The lowest BCUT2D eigenvalue weighted by Crippen LogP contribution is -2.42. The molecule has 4 heteroatoms. The molecule has 0 heterocycles. The Morgan fingerprint density at radius 1 is 1.14 bits per heavy atom. The van der Waals surface area contributed by atoms with Gasteiger partial charge in [0.1, 0.15) is 0 Å². The Hall–Kier alpha value is -1.84. The summed E-state index contributed by atoms with van der Waals surface area (Å²) in [5.41, 5.74) is 1.71. The van der Waals surface area contributed by atoms with Gasteiger partial charge in [-0.15, -0.1) is 0 Å². The zero-order valence-corrected chi connectivity index (χ0v) is 13.2. The zero-order valence-electron chi connectivity index (χ0n) is 13.2. The van der Waals surface area contributed by atoms with Gasteiger partial charge in [-0.25, -0.2) is 0 Å². The summed E-state index contributed by atoms with van der Waals surface area (Å²) in [5, 5.41) is 5.89. The van der Waals surface area contributed by atoms with Gasteiger partial charge in [0, 0.05) is 11.2 Å². The first-order valence-corrected chi connectivity index (χ1v) is 7.52. The van der Waals surface area contributed by atoms with Gasteiger partial charge in [0.05, 0.1) is 11.8 Å². The molecule has 21 heavy (non-hydrogen) atoms. The lowest BCUT2D eigenvalue weighted by atomic mass is 10.1. The molecule has 2 atom stereocenters. The van der Waals surface area contributed by atoms with E-state index in [1.807, 2.05) is 45.0 Å². The number of carbonyl (C=O) groups is 2. The predicted molar refractivity (Wildman–Crippen MR) is 83.9 cm³/mol. The maximum atomic E-state index is 12.2. The minimum atomic E-state index is -0.254. The Morgan fingerprint density at radius 2 is 1.76 bits per heavy atom. The minimum absolute atomic E-state index is 0.0218. The van der Waals surface area contributed by atoms with Crippen LogP contribution in [0.5, 0.6) is 0 Å². The fraction of sp³-hybridized carbons (Fsp3) is 0.529. The number of carbonyl (C=O) groups excluding carboxylic acids is 2. The van der Waals surface area contributed by atoms with Crippen molar-refractivity contribution in [2.24, 2.45) is 11.8 Å². The van der Waals surface area contributed by atoms with Gasteiger partial charge in [-0.2, -0.15) is 0 Å². The number of anilines is 1. The predicted octanol–water partition coefficient (Wildman–Crippen LogP) is 2.74. The number of rotatable bonds is 4. The highest BCUT2D eigenvalue weighted by atomic mass is 16.2. The second-order valence-corrected chi connectivity index (χ2v) is 6.69. The third kappa shape index (κ3) is 4.06. The summed E-state index contributed by atoms with van der Waals surface area (Å²) >= 11 is 0. The molecule has 2 rings (SSSR count). The first-order valence-electron chi connectivity index (χ1n) is 7.52. The largest absolute Gasteiger partial charge is 0.351 e. The van der Waals surface area contributed by atoms with Crippen molar-refractivity contribution in [2.45, 2.75) is 46.1 Å². The van der Waals surface area contributed by atoms with Gasteiger partial charge in [-0.1, -0.05) is 25.1 Å². The van der Waals surface area contributed by atoms with Crippen molar-refractivity contribution in [2.75, 3.05) is 5.32 Å². The second kappa shape index (κ2) is 5.88. The Morgan fingerprint density at radius 3 is 2.38 bits per heavy atom. The van der Waals surface area contributed by atoms with E-state index in [0.717, 1.165) is 17.7 Å². The highest BCUT2D eigenvalue weighted by Crippen LogP contribution is 2.40. The third-order valence-electron chi connectivity index (χ3n) is 3.62. The number of hydrogen-bond acceptors (Lipinski definition) is 2. The standard InChI is InChI=1S/C17H24N2O2/c1-5-11-8-6-7-9-14(11)18-15(20)12-10-13(12)16(21)19-17(2,3)4/h6-9,12-13H,5,10H2,1-4H3,(H,18,20)(H,19,21). The van der Waals surface area contributed by atoms with E-state index in [4.69, 9.17) is 0 Å². The van der Waals surface area contributed by atoms with Crippen LogP contribution in [0.25, 0.3) is 0 Å². The normalized spacial score (nSPS) is 20.8. The molecule has 4 nitrogen and oxygen atoms in total. The summed E-state index contributed by atoms with van der Waals surface area (Å²) < 4.78 is 0. The lowest BCUT2D eigenvalue weighted by molar-refractivity contribution is -0.126. The molecule has 1 aromatic rings. The molecule has 0 aliphatic heterocycles. The fourth-order valence-electron chi connectivity index (χ4n) is 2.41. The monoisotopic (exact) mass is 288 g/mol. The van der Waals surface area contributed by atoms with Crippen LogP contribution in [-0.4, -0.2) is 17.4 Å². The van der Waals surface area contributed by atoms with Crippen molar-refractivity contribution in [3.63, 3.8) is 0 Å². The van der Waals surface area contributed by atoms with Crippen LogP contribution in [-0.2, 0) is 16.0 Å². The average molecular weight is 288 g/mol. The Kier molecular flexibility index (Phi) is 4.35. The van der Waals surface area contributed by atoms with Crippen LogP contribution in [0.1, 0.15) is 39.7 Å². The van der Waals surface area contributed by atoms with Crippen LogP contribution in [0.2, 0.25) is 0 Å². The number of para-hydroxylation sites is 1. The van der Waals surface area contributed by atoms with E-state index in [1.54, 1.807) is 0 Å². The molecule has 0 radical (unpaired) electrons. The van der Waals surface area contributed by atoms with Crippen molar-refractivity contribution < 1.29 is 9.59 Å². The van der Waals surface area contributed by atoms with Gasteiger partial charge in [0.25, 0.3) is 0 Å². The molecular weight excluding hydrogens is 264 g/mol. The number of amides is 2. The van der Waals surface area contributed by atoms with Gasteiger partial charge in [0.2, 0.25) is 11.8 Å². The Balaban J connectivity index is 1.93. The number of nitrogens with one attached hydrogen (secondary N) is 2. The molecule has 1 saturated carbocycles. The first-order chi connectivity index (χ1) is 9.81. The topological polar surface area (TPSA) is 58.2 Å². The van der Waals surface area contributed by atoms with Gasteiger partial charge >= 0.3 is 0 Å². The minimum Gasteiger partial charge on any atom is -0.351 e. The number of aryl methyl sites for hydroxylation is 1. The van der Waals surface area contributed by atoms with Crippen LogP contribution in [0.15, 0.2) is 24.3 Å². The number of benzene rings is 1. The van der Waals surface area contributed by atoms with Crippen molar-refractivity contribution in [3.8, 4) is 0 Å². The molecule has 1 fully saturated rings.